The molecular weight excluding hydrogens is 336 g/mol. The highest BCUT2D eigenvalue weighted by atomic mass is 16.5. The van der Waals surface area contributed by atoms with Crippen LogP contribution in [0.2, 0.25) is 0 Å². The number of carbonyl (C=O) groups excluding carboxylic acids is 2. The fourth-order valence-electron chi connectivity index (χ4n) is 2.84. The molecule has 0 aliphatic rings. The van der Waals surface area contributed by atoms with Gasteiger partial charge in [-0.25, -0.2) is 4.79 Å². The molecule has 3 nitrogen and oxygen atoms in total. The van der Waals surface area contributed by atoms with E-state index in [1.807, 2.05) is 68.4 Å². The van der Waals surface area contributed by atoms with Crippen molar-refractivity contribution in [3.05, 3.63) is 95.1 Å². The lowest BCUT2D eigenvalue weighted by atomic mass is 10.0. The van der Waals surface area contributed by atoms with Crippen molar-refractivity contribution >= 4 is 11.8 Å². The molecule has 1 atom stereocenters. The van der Waals surface area contributed by atoms with Gasteiger partial charge >= 0.3 is 5.97 Å². The Labute approximate surface area is 159 Å². The van der Waals surface area contributed by atoms with Crippen LogP contribution >= 0.6 is 0 Å². The summed E-state index contributed by atoms with van der Waals surface area (Å²) in [6.07, 6.45) is -0.839. The number of hydrogen-bond acceptors (Lipinski definition) is 3. The van der Waals surface area contributed by atoms with Crippen molar-refractivity contribution in [1.82, 2.24) is 0 Å². The van der Waals surface area contributed by atoms with Gasteiger partial charge in [0.1, 0.15) is 0 Å². The predicted octanol–water partition coefficient (Wildman–Crippen LogP) is 5.40. The Bertz CT molecular complexity index is 957. The SMILES string of the molecule is Cc1ccc(C(=O)[C@@H](C)OC(=O)c2ccc(-c3ccccc3)cc2)cc1C. The van der Waals surface area contributed by atoms with Gasteiger partial charge in [0, 0.05) is 5.56 Å². The first-order chi connectivity index (χ1) is 13.0. The molecule has 0 spiro atoms. The summed E-state index contributed by atoms with van der Waals surface area (Å²) in [7, 11) is 0. The van der Waals surface area contributed by atoms with Gasteiger partial charge in [0.2, 0.25) is 5.78 Å². The highest BCUT2D eigenvalue weighted by Gasteiger charge is 2.20. The molecule has 0 fully saturated rings. The van der Waals surface area contributed by atoms with Gasteiger partial charge in [0.15, 0.2) is 6.10 Å². The number of ether oxygens (including phenoxy) is 1. The first-order valence-corrected chi connectivity index (χ1v) is 8.93. The highest BCUT2D eigenvalue weighted by molar-refractivity contribution is 6.01. The smallest absolute Gasteiger partial charge is 0.338 e. The number of benzene rings is 3. The summed E-state index contributed by atoms with van der Waals surface area (Å²) in [5, 5.41) is 0. The third kappa shape index (κ3) is 4.32. The molecule has 3 heteroatoms. The quantitative estimate of drug-likeness (QED) is 0.453. The Kier molecular flexibility index (Phi) is 5.51. The zero-order valence-electron chi connectivity index (χ0n) is 15.7. The maximum Gasteiger partial charge on any atom is 0.338 e. The van der Waals surface area contributed by atoms with E-state index in [1.54, 1.807) is 25.1 Å². The Morgan fingerprint density at radius 3 is 1.96 bits per heavy atom. The number of esters is 1. The van der Waals surface area contributed by atoms with E-state index in [0.717, 1.165) is 22.3 Å². The van der Waals surface area contributed by atoms with Crippen LogP contribution in [-0.2, 0) is 4.74 Å². The fourth-order valence-corrected chi connectivity index (χ4v) is 2.84. The lowest BCUT2D eigenvalue weighted by Crippen LogP contribution is -2.24. The molecule has 0 unspecified atom stereocenters. The van der Waals surface area contributed by atoms with E-state index in [0.29, 0.717) is 11.1 Å². The maximum absolute atomic E-state index is 12.5. The maximum atomic E-state index is 12.5. The van der Waals surface area contributed by atoms with E-state index in [2.05, 4.69) is 0 Å². The molecule has 3 aromatic rings. The summed E-state index contributed by atoms with van der Waals surface area (Å²) in [6, 6.07) is 22.6. The average molecular weight is 358 g/mol. The van der Waals surface area contributed by atoms with Crippen LogP contribution in [0.15, 0.2) is 72.8 Å². The highest BCUT2D eigenvalue weighted by Crippen LogP contribution is 2.20. The van der Waals surface area contributed by atoms with Gasteiger partial charge in [-0.05, 0) is 61.2 Å². The van der Waals surface area contributed by atoms with E-state index in [-0.39, 0.29) is 5.78 Å². The second-order valence-electron chi connectivity index (χ2n) is 6.65. The fraction of sp³-hybridized carbons (Fsp3) is 0.167. The minimum Gasteiger partial charge on any atom is -0.451 e. The normalized spacial score (nSPS) is 11.7. The van der Waals surface area contributed by atoms with Crippen molar-refractivity contribution in [2.24, 2.45) is 0 Å². The molecule has 0 aliphatic carbocycles. The van der Waals surface area contributed by atoms with Gasteiger partial charge in [-0.3, -0.25) is 4.79 Å². The van der Waals surface area contributed by atoms with Gasteiger partial charge in [0.05, 0.1) is 5.56 Å². The third-order valence-electron chi connectivity index (χ3n) is 4.67. The van der Waals surface area contributed by atoms with Crippen molar-refractivity contribution in [2.75, 3.05) is 0 Å². The molecule has 0 heterocycles. The van der Waals surface area contributed by atoms with Gasteiger partial charge in [-0.2, -0.15) is 0 Å². The molecule has 0 saturated carbocycles. The van der Waals surface area contributed by atoms with Crippen LogP contribution < -0.4 is 0 Å². The number of hydrogen-bond donors (Lipinski definition) is 0. The number of aryl methyl sites for hydroxylation is 2. The van der Waals surface area contributed by atoms with Crippen LogP contribution in [0.4, 0.5) is 0 Å². The van der Waals surface area contributed by atoms with Crippen LogP contribution in [0.25, 0.3) is 11.1 Å². The van der Waals surface area contributed by atoms with Crippen molar-refractivity contribution in [2.45, 2.75) is 26.9 Å². The van der Waals surface area contributed by atoms with E-state index in [4.69, 9.17) is 4.74 Å². The Balaban J connectivity index is 1.69. The Morgan fingerprint density at radius 2 is 1.33 bits per heavy atom. The van der Waals surface area contributed by atoms with Crippen molar-refractivity contribution in [3.8, 4) is 11.1 Å². The van der Waals surface area contributed by atoms with E-state index in [1.165, 1.54) is 0 Å². The first-order valence-electron chi connectivity index (χ1n) is 8.93. The summed E-state index contributed by atoms with van der Waals surface area (Å²) >= 11 is 0. The van der Waals surface area contributed by atoms with E-state index in [9.17, 15) is 9.59 Å². The van der Waals surface area contributed by atoms with Gasteiger partial charge < -0.3 is 4.74 Å². The number of Topliss-reactive ketones (excluding diaryl/α,β-unsaturated/α-hetero) is 1. The molecule has 0 N–H and O–H groups in total. The molecule has 3 aromatic carbocycles. The van der Waals surface area contributed by atoms with Crippen molar-refractivity contribution < 1.29 is 14.3 Å². The minimum atomic E-state index is -0.839. The van der Waals surface area contributed by atoms with Crippen LogP contribution in [0.3, 0.4) is 0 Å². The molecule has 0 aliphatic heterocycles. The molecule has 0 radical (unpaired) electrons. The summed E-state index contributed by atoms with van der Waals surface area (Å²) in [5.41, 5.74) is 5.24. The van der Waals surface area contributed by atoms with E-state index >= 15 is 0 Å². The molecule has 136 valence electrons. The monoisotopic (exact) mass is 358 g/mol. The predicted molar refractivity (Wildman–Crippen MR) is 107 cm³/mol. The summed E-state index contributed by atoms with van der Waals surface area (Å²) < 4.78 is 5.38. The number of carbonyl (C=O) groups is 2. The lowest BCUT2D eigenvalue weighted by Gasteiger charge is -2.13. The molecule has 27 heavy (non-hydrogen) atoms. The molecule has 0 aromatic heterocycles. The van der Waals surface area contributed by atoms with Crippen molar-refractivity contribution in [1.29, 1.82) is 0 Å². The van der Waals surface area contributed by atoms with Gasteiger partial charge in [-0.1, -0.05) is 54.6 Å². The van der Waals surface area contributed by atoms with Crippen LogP contribution in [0.1, 0.15) is 38.8 Å². The van der Waals surface area contributed by atoms with Crippen LogP contribution in [0, 0.1) is 13.8 Å². The number of rotatable bonds is 5. The summed E-state index contributed by atoms with van der Waals surface area (Å²) in [5.74, 6) is -0.702. The zero-order chi connectivity index (χ0) is 19.4. The van der Waals surface area contributed by atoms with Gasteiger partial charge in [-0.15, -0.1) is 0 Å². The second-order valence-corrected chi connectivity index (χ2v) is 6.65. The Hall–Kier alpha value is -3.20. The topological polar surface area (TPSA) is 43.4 Å². The third-order valence-corrected chi connectivity index (χ3v) is 4.67. The van der Waals surface area contributed by atoms with Crippen molar-refractivity contribution in [3.63, 3.8) is 0 Å². The number of ketones is 1. The zero-order valence-corrected chi connectivity index (χ0v) is 15.7. The molecule has 0 bridgehead atoms. The van der Waals surface area contributed by atoms with Crippen LogP contribution in [-0.4, -0.2) is 17.9 Å². The largest absolute Gasteiger partial charge is 0.451 e. The molecule has 0 amide bonds. The molecule has 3 rings (SSSR count). The first kappa shape index (κ1) is 18.6. The minimum absolute atomic E-state index is 0.202. The lowest BCUT2D eigenvalue weighted by molar-refractivity contribution is 0.0319. The summed E-state index contributed by atoms with van der Waals surface area (Å²) in [6.45, 7) is 5.55. The second kappa shape index (κ2) is 8.00. The standard InChI is InChI=1S/C24H22O3/c1-16-9-10-22(15-17(16)2)23(25)18(3)27-24(26)21-13-11-20(12-14-21)19-7-5-4-6-8-19/h4-15,18H,1-3H3/t18-/m1/s1. The summed E-state index contributed by atoms with van der Waals surface area (Å²) in [4.78, 5) is 24.9. The van der Waals surface area contributed by atoms with E-state index < -0.39 is 12.1 Å². The molecule has 0 saturated heterocycles. The molecular formula is C24H22O3. The average Bonchev–Trinajstić information content (AvgIpc) is 2.70. The Morgan fingerprint density at radius 1 is 0.741 bits per heavy atom. The van der Waals surface area contributed by atoms with Gasteiger partial charge in [0.25, 0.3) is 0 Å². The van der Waals surface area contributed by atoms with Crippen LogP contribution in [0.5, 0.6) is 0 Å².